The average Bonchev–Trinajstić information content (AvgIpc) is 2.80. The maximum absolute atomic E-state index is 5.52. The number of piperazine rings is 1. The first-order valence-corrected chi connectivity index (χ1v) is 10.1. The fraction of sp³-hybridized carbons (Fsp3) is 0.304. The Kier molecular flexibility index (Phi) is 5.79. The smallest absolute Gasteiger partial charge is 0.227 e. The Hall–Kier alpha value is -3.28. The lowest BCUT2D eigenvalue weighted by atomic mass is 10.2. The average molecular weight is 390 g/mol. The summed E-state index contributed by atoms with van der Waals surface area (Å²) in [5.74, 6) is 2.63. The second-order valence-corrected chi connectivity index (χ2v) is 6.94. The SMILES string of the molecule is CCN(c1ccccc1)c1ccnc(N2CCN(c3ccccc3OC)CC2)n1. The number of rotatable bonds is 6. The van der Waals surface area contributed by atoms with E-state index in [0.717, 1.165) is 61.6 Å². The quantitative estimate of drug-likeness (QED) is 0.636. The van der Waals surface area contributed by atoms with Crippen molar-refractivity contribution in [1.29, 1.82) is 0 Å². The monoisotopic (exact) mass is 389 g/mol. The second-order valence-electron chi connectivity index (χ2n) is 6.94. The van der Waals surface area contributed by atoms with E-state index >= 15 is 0 Å². The van der Waals surface area contributed by atoms with Gasteiger partial charge in [0, 0.05) is 44.6 Å². The highest BCUT2D eigenvalue weighted by Crippen LogP contribution is 2.29. The zero-order chi connectivity index (χ0) is 20.1. The Bertz CT molecular complexity index is 925. The molecule has 3 aromatic rings. The normalized spacial score (nSPS) is 14.0. The van der Waals surface area contributed by atoms with Gasteiger partial charge >= 0.3 is 0 Å². The Labute approximate surface area is 172 Å². The van der Waals surface area contributed by atoms with Crippen molar-refractivity contribution >= 4 is 23.1 Å². The Morgan fingerprint density at radius 3 is 2.31 bits per heavy atom. The van der Waals surface area contributed by atoms with Crippen LogP contribution >= 0.6 is 0 Å². The van der Waals surface area contributed by atoms with Gasteiger partial charge in [-0.3, -0.25) is 0 Å². The molecule has 0 aliphatic carbocycles. The van der Waals surface area contributed by atoms with Crippen molar-refractivity contribution in [2.24, 2.45) is 0 Å². The molecule has 6 nitrogen and oxygen atoms in total. The Morgan fingerprint density at radius 2 is 1.59 bits per heavy atom. The van der Waals surface area contributed by atoms with Crippen molar-refractivity contribution in [2.75, 3.05) is 54.5 Å². The maximum atomic E-state index is 5.52. The lowest BCUT2D eigenvalue weighted by molar-refractivity contribution is 0.413. The summed E-state index contributed by atoms with van der Waals surface area (Å²) in [7, 11) is 1.72. The van der Waals surface area contributed by atoms with Gasteiger partial charge in [0.15, 0.2) is 0 Å². The Balaban J connectivity index is 1.49. The molecule has 1 aliphatic rings. The molecule has 0 radical (unpaired) electrons. The molecule has 1 aromatic heterocycles. The first kappa shape index (κ1) is 19.1. The molecule has 4 rings (SSSR count). The highest BCUT2D eigenvalue weighted by molar-refractivity contribution is 5.61. The number of ether oxygens (including phenoxy) is 1. The van der Waals surface area contributed by atoms with Crippen molar-refractivity contribution in [3.05, 3.63) is 66.9 Å². The molecule has 6 heteroatoms. The van der Waals surface area contributed by atoms with E-state index < -0.39 is 0 Å². The summed E-state index contributed by atoms with van der Waals surface area (Å²) in [4.78, 5) is 16.2. The standard InChI is InChI=1S/C23H27N5O/c1-3-28(19-9-5-4-6-10-19)22-13-14-24-23(25-22)27-17-15-26(16-18-27)20-11-7-8-12-21(20)29-2/h4-14H,3,15-18H2,1-2H3. The van der Waals surface area contributed by atoms with Crippen LogP contribution in [-0.4, -0.2) is 49.8 Å². The molecule has 1 aliphatic heterocycles. The molecule has 2 heterocycles. The third kappa shape index (κ3) is 4.11. The van der Waals surface area contributed by atoms with Crippen molar-refractivity contribution in [3.8, 4) is 5.75 Å². The number of aromatic nitrogens is 2. The number of methoxy groups -OCH3 is 1. The molecule has 0 spiro atoms. The van der Waals surface area contributed by atoms with Gasteiger partial charge in [0.1, 0.15) is 11.6 Å². The topological polar surface area (TPSA) is 44.7 Å². The van der Waals surface area contributed by atoms with Gasteiger partial charge < -0.3 is 19.4 Å². The van der Waals surface area contributed by atoms with Gasteiger partial charge in [0.05, 0.1) is 12.8 Å². The molecule has 0 unspecified atom stereocenters. The van der Waals surface area contributed by atoms with Crippen molar-refractivity contribution < 1.29 is 4.74 Å². The molecule has 2 aromatic carbocycles. The van der Waals surface area contributed by atoms with Crippen LogP contribution in [0.15, 0.2) is 66.9 Å². The molecular formula is C23H27N5O. The van der Waals surface area contributed by atoms with E-state index in [9.17, 15) is 0 Å². The minimum atomic E-state index is 0.788. The largest absolute Gasteiger partial charge is 0.495 e. The summed E-state index contributed by atoms with van der Waals surface area (Å²) in [5.41, 5.74) is 2.28. The highest BCUT2D eigenvalue weighted by Gasteiger charge is 2.22. The lowest BCUT2D eigenvalue weighted by Gasteiger charge is -2.36. The Morgan fingerprint density at radius 1 is 0.897 bits per heavy atom. The zero-order valence-corrected chi connectivity index (χ0v) is 17.0. The van der Waals surface area contributed by atoms with Crippen molar-refractivity contribution in [3.63, 3.8) is 0 Å². The van der Waals surface area contributed by atoms with Crippen LogP contribution in [0.5, 0.6) is 5.75 Å². The van der Waals surface area contributed by atoms with E-state index in [2.05, 4.69) is 63.0 Å². The molecule has 0 saturated carbocycles. The first-order valence-electron chi connectivity index (χ1n) is 10.1. The maximum Gasteiger partial charge on any atom is 0.227 e. The second kappa shape index (κ2) is 8.82. The fourth-order valence-electron chi connectivity index (χ4n) is 3.77. The summed E-state index contributed by atoms with van der Waals surface area (Å²) in [6.07, 6.45) is 1.86. The van der Waals surface area contributed by atoms with Crippen LogP contribution in [0.3, 0.4) is 0 Å². The molecule has 0 amide bonds. The van der Waals surface area contributed by atoms with Crippen molar-refractivity contribution in [2.45, 2.75) is 6.92 Å². The van der Waals surface area contributed by atoms with Gasteiger partial charge in [0.2, 0.25) is 5.95 Å². The number of benzene rings is 2. The molecule has 29 heavy (non-hydrogen) atoms. The minimum Gasteiger partial charge on any atom is -0.495 e. The number of para-hydroxylation sites is 3. The summed E-state index contributed by atoms with van der Waals surface area (Å²) < 4.78 is 5.52. The zero-order valence-electron chi connectivity index (χ0n) is 17.0. The lowest BCUT2D eigenvalue weighted by Crippen LogP contribution is -2.47. The van der Waals surface area contributed by atoms with E-state index in [0.29, 0.717) is 0 Å². The molecule has 0 atom stereocenters. The van der Waals surface area contributed by atoms with Crippen molar-refractivity contribution in [1.82, 2.24) is 9.97 Å². The van der Waals surface area contributed by atoms with Gasteiger partial charge in [-0.25, -0.2) is 4.98 Å². The summed E-state index contributed by atoms with van der Waals surface area (Å²) in [5, 5.41) is 0. The number of hydrogen-bond donors (Lipinski definition) is 0. The van der Waals surface area contributed by atoms with E-state index in [1.807, 2.05) is 30.5 Å². The minimum absolute atomic E-state index is 0.788. The van der Waals surface area contributed by atoms with Crippen LogP contribution in [0, 0.1) is 0 Å². The van der Waals surface area contributed by atoms with E-state index in [4.69, 9.17) is 9.72 Å². The van der Waals surface area contributed by atoms with Gasteiger partial charge in [-0.15, -0.1) is 0 Å². The van der Waals surface area contributed by atoms with Crippen LogP contribution in [0.1, 0.15) is 6.92 Å². The number of nitrogens with zero attached hydrogens (tertiary/aromatic N) is 5. The van der Waals surface area contributed by atoms with Gasteiger partial charge in [-0.1, -0.05) is 30.3 Å². The summed E-state index contributed by atoms with van der Waals surface area (Å²) in [6.45, 7) is 6.55. The van der Waals surface area contributed by atoms with Crippen LogP contribution < -0.4 is 19.4 Å². The molecule has 0 N–H and O–H groups in total. The van der Waals surface area contributed by atoms with Gasteiger partial charge in [0.25, 0.3) is 0 Å². The van der Waals surface area contributed by atoms with Crippen LogP contribution in [0.2, 0.25) is 0 Å². The molecule has 1 fully saturated rings. The predicted octanol–water partition coefficient (Wildman–Crippen LogP) is 3.97. The third-order valence-corrected chi connectivity index (χ3v) is 5.28. The summed E-state index contributed by atoms with van der Waals surface area (Å²) in [6, 6.07) is 20.5. The van der Waals surface area contributed by atoms with E-state index in [1.165, 1.54) is 0 Å². The first-order chi connectivity index (χ1) is 14.3. The van der Waals surface area contributed by atoms with Gasteiger partial charge in [-0.2, -0.15) is 4.98 Å². The third-order valence-electron chi connectivity index (χ3n) is 5.28. The molecular weight excluding hydrogens is 362 g/mol. The van der Waals surface area contributed by atoms with Crippen LogP contribution in [0.4, 0.5) is 23.1 Å². The molecule has 0 bridgehead atoms. The van der Waals surface area contributed by atoms with Gasteiger partial charge in [-0.05, 0) is 37.3 Å². The van der Waals surface area contributed by atoms with Crippen LogP contribution in [0.25, 0.3) is 0 Å². The highest BCUT2D eigenvalue weighted by atomic mass is 16.5. The molecule has 1 saturated heterocycles. The predicted molar refractivity (Wildman–Crippen MR) is 119 cm³/mol. The summed E-state index contributed by atoms with van der Waals surface area (Å²) >= 11 is 0. The number of hydrogen-bond acceptors (Lipinski definition) is 6. The van der Waals surface area contributed by atoms with Crippen LogP contribution in [-0.2, 0) is 0 Å². The van der Waals surface area contributed by atoms with E-state index in [1.54, 1.807) is 7.11 Å². The fourth-order valence-corrected chi connectivity index (χ4v) is 3.77. The number of anilines is 4. The molecule has 150 valence electrons. The van der Waals surface area contributed by atoms with E-state index in [-0.39, 0.29) is 0 Å².